The lowest BCUT2D eigenvalue weighted by atomic mass is 10.1. The van der Waals surface area contributed by atoms with Crippen LogP contribution in [0.5, 0.6) is 0 Å². The van der Waals surface area contributed by atoms with Crippen LogP contribution in [0, 0.1) is 11.3 Å². The van der Waals surface area contributed by atoms with E-state index < -0.39 is 0 Å². The summed E-state index contributed by atoms with van der Waals surface area (Å²) in [6, 6.07) is 9.43. The number of benzene rings is 1. The molecule has 0 radical (unpaired) electrons. The molecule has 1 saturated heterocycles. The lowest BCUT2D eigenvalue weighted by molar-refractivity contribution is -0.0739. The van der Waals surface area contributed by atoms with E-state index in [-0.39, 0.29) is 12.4 Å². The van der Waals surface area contributed by atoms with E-state index in [4.69, 9.17) is 19.5 Å². The van der Waals surface area contributed by atoms with Gasteiger partial charge in [0.2, 0.25) is 0 Å². The zero-order chi connectivity index (χ0) is 16.3. The van der Waals surface area contributed by atoms with Crippen molar-refractivity contribution < 1.29 is 14.2 Å². The maximum absolute atomic E-state index is 8.81. The Bertz CT molecular complexity index is 480. The van der Waals surface area contributed by atoms with Crippen LogP contribution in [0.25, 0.3) is 0 Å². The first-order valence-corrected chi connectivity index (χ1v) is 8.68. The number of rotatable bonds is 10. The minimum absolute atomic E-state index is 0.00395. The average Bonchev–Trinajstić information content (AvgIpc) is 3.06. The first-order valence-electron chi connectivity index (χ1n) is 8.68. The van der Waals surface area contributed by atoms with Gasteiger partial charge in [0.15, 0.2) is 6.29 Å². The minimum atomic E-state index is -0.342. The van der Waals surface area contributed by atoms with Gasteiger partial charge in [-0.2, -0.15) is 5.26 Å². The quantitative estimate of drug-likeness (QED) is 0.602. The molecule has 0 aromatic heterocycles. The smallest absolute Gasteiger partial charge is 0.184 e. The van der Waals surface area contributed by atoms with Gasteiger partial charge in [0.05, 0.1) is 24.8 Å². The fourth-order valence-electron chi connectivity index (χ4n) is 2.62. The van der Waals surface area contributed by atoms with E-state index >= 15 is 0 Å². The molecule has 0 N–H and O–H groups in total. The Morgan fingerprint density at radius 2 is 1.87 bits per heavy atom. The summed E-state index contributed by atoms with van der Waals surface area (Å²) in [6.07, 6.45) is 7.29. The van der Waals surface area contributed by atoms with Crippen LogP contribution in [0.1, 0.15) is 62.9 Å². The van der Waals surface area contributed by atoms with Crippen LogP contribution in [-0.4, -0.2) is 25.9 Å². The van der Waals surface area contributed by atoms with E-state index in [1.807, 2.05) is 12.1 Å². The van der Waals surface area contributed by atoms with E-state index in [0.717, 1.165) is 18.6 Å². The first-order chi connectivity index (χ1) is 11.3. The monoisotopic (exact) mass is 317 g/mol. The molecule has 2 atom stereocenters. The number of unbranched alkanes of at least 4 members (excludes halogenated alkanes) is 5. The Hall–Kier alpha value is -1.41. The van der Waals surface area contributed by atoms with Crippen molar-refractivity contribution in [1.29, 1.82) is 5.26 Å². The predicted octanol–water partition coefficient (Wildman–Crippen LogP) is 4.35. The van der Waals surface area contributed by atoms with E-state index in [0.29, 0.717) is 18.8 Å². The molecule has 0 bridgehead atoms. The van der Waals surface area contributed by atoms with Crippen LogP contribution < -0.4 is 0 Å². The van der Waals surface area contributed by atoms with Crippen LogP contribution in [0.2, 0.25) is 0 Å². The van der Waals surface area contributed by atoms with Crippen molar-refractivity contribution in [3.05, 3.63) is 35.4 Å². The third kappa shape index (κ3) is 6.31. The largest absolute Gasteiger partial charge is 0.379 e. The molecule has 1 aliphatic heterocycles. The van der Waals surface area contributed by atoms with E-state index in [1.165, 1.54) is 32.1 Å². The van der Waals surface area contributed by atoms with Crippen LogP contribution in [-0.2, 0) is 14.2 Å². The summed E-state index contributed by atoms with van der Waals surface area (Å²) >= 11 is 0. The molecule has 1 aromatic carbocycles. The highest BCUT2D eigenvalue weighted by molar-refractivity contribution is 5.32. The molecule has 1 aliphatic rings. The Balaban J connectivity index is 1.57. The normalized spacial score (nSPS) is 20.5. The predicted molar refractivity (Wildman–Crippen MR) is 88.9 cm³/mol. The van der Waals surface area contributed by atoms with Crippen molar-refractivity contribution >= 4 is 0 Å². The van der Waals surface area contributed by atoms with E-state index in [9.17, 15) is 0 Å². The molecule has 1 aromatic rings. The molecule has 1 heterocycles. The van der Waals surface area contributed by atoms with Crippen molar-refractivity contribution in [3.63, 3.8) is 0 Å². The molecule has 0 saturated carbocycles. The number of nitrogens with zero attached hydrogens (tertiary/aromatic N) is 1. The number of hydrogen-bond donors (Lipinski definition) is 0. The zero-order valence-electron chi connectivity index (χ0n) is 14.0. The second kappa shape index (κ2) is 10.4. The third-order valence-corrected chi connectivity index (χ3v) is 4.01. The Morgan fingerprint density at radius 1 is 1.13 bits per heavy atom. The molecular weight excluding hydrogens is 290 g/mol. The number of hydrogen-bond acceptors (Lipinski definition) is 4. The van der Waals surface area contributed by atoms with Gasteiger partial charge in [0.25, 0.3) is 0 Å². The van der Waals surface area contributed by atoms with Gasteiger partial charge in [-0.3, -0.25) is 0 Å². The lowest BCUT2D eigenvalue weighted by Gasteiger charge is -2.12. The molecule has 23 heavy (non-hydrogen) atoms. The highest BCUT2D eigenvalue weighted by atomic mass is 16.7. The zero-order valence-corrected chi connectivity index (χ0v) is 14.0. The van der Waals surface area contributed by atoms with Gasteiger partial charge in [-0.25, -0.2) is 0 Å². The fourth-order valence-corrected chi connectivity index (χ4v) is 2.62. The van der Waals surface area contributed by atoms with Crippen molar-refractivity contribution in [1.82, 2.24) is 0 Å². The Morgan fingerprint density at radius 3 is 2.61 bits per heavy atom. The second-order valence-electron chi connectivity index (χ2n) is 6.00. The number of nitriles is 1. The summed E-state index contributed by atoms with van der Waals surface area (Å²) in [7, 11) is 0. The third-order valence-electron chi connectivity index (χ3n) is 4.01. The summed E-state index contributed by atoms with van der Waals surface area (Å²) in [6.45, 7) is 4.17. The molecule has 4 heteroatoms. The molecule has 0 aliphatic carbocycles. The van der Waals surface area contributed by atoms with E-state index in [2.05, 4.69) is 13.0 Å². The van der Waals surface area contributed by atoms with Gasteiger partial charge in [0.1, 0.15) is 6.10 Å². The molecule has 0 spiro atoms. The molecule has 126 valence electrons. The Kier molecular flexibility index (Phi) is 8.10. The summed E-state index contributed by atoms with van der Waals surface area (Å²) < 4.78 is 17.2. The highest BCUT2D eigenvalue weighted by Crippen LogP contribution is 2.27. The van der Waals surface area contributed by atoms with Gasteiger partial charge >= 0.3 is 0 Å². The minimum Gasteiger partial charge on any atom is -0.379 e. The molecule has 0 amide bonds. The summed E-state index contributed by atoms with van der Waals surface area (Å²) in [5.41, 5.74) is 1.59. The van der Waals surface area contributed by atoms with Gasteiger partial charge in [-0.15, -0.1) is 0 Å². The van der Waals surface area contributed by atoms with Crippen molar-refractivity contribution in [2.45, 2.75) is 57.8 Å². The van der Waals surface area contributed by atoms with Gasteiger partial charge in [-0.05, 0) is 18.6 Å². The van der Waals surface area contributed by atoms with E-state index in [1.54, 1.807) is 12.1 Å². The maximum atomic E-state index is 8.81. The first kappa shape index (κ1) is 17.9. The molecular formula is C19H27NO3. The van der Waals surface area contributed by atoms with Gasteiger partial charge in [-0.1, -0.05) is 51.2 Å². The van der Waals surface area contributed by atoms with Crippen molar-refractivity contribution in [2.24, 2.45) is 0 Å². The Labute approximate surface area is 139 Å². The van der Waals surface area contributed by atoms with Crippen LogP contribution in [0.15, 0.2) is 24.3 Å². The highest BCUT2D eigenvalue weighted by Gasteiger charge is 2.27. The summed E-state index contributed by atoms with van der Waals surface area (Å²) in [5, 5.41) is 8.81. The maximum Gasteiger partial charge on any atom is 0.184 e. The molecule has 1 fully saturated rings. The van der Waals surface area contributed by atoms with Crippen LogP contribution in [0.4, 0.5) is 0 Å². The summed E-state index contributed by atoms with van der Waals surface area (Å²) in [4.78, 5) is 0. The molecule has 2 rings (SSSR count). The van der Waals surface area contributed by atoms with Crippen molar-refractivity contribution in [2.75, 3.05) is 19.8 Å². The second-order valence-corrected chi connectivity index (χ2v) is 6.00. The molecule has 4 nitrogen and oxygen atoms in total. The topological polar surface area (TPSA) is 51.5 Å². The van der Waals surface area contributed by atoms with Gasteiger partial charge < -0.3 is 14.2 Å². The molecule has 2 unspecified atom stereocenters. The summed E-state index contributed by atoms with van der Waals surface area (Å²) in [5.74, 6) is 0. The van der Waals surface area contributed by atoms with Gasteiger partial charge in [0, 0.05) is 12.2 Å². The standard InChI is InChI=1S/C19H27NO3/c1-2-3-4-5-6-7-12-21-14-18-15-22-19(23-18)17-10-8-16(13-20)9-11-17/h8-11,18-19H,2-7,12,14-15H2,1H3. The van der Waals surface area contributed by atoms with Crippen molar-refractivity contribution in [3.8, 4) is 6.07 Å². The van der Waals surface area contributed by atoms with Crippen LogP contribution >= 0.6 is 0 Å². The SMILES string of the molecule is CCCCCCCCOCC1COC(c2ccc(C#N)cc2)O1. The number of ether oxygens (including phenoxy) is 3. The fraction of sp³-hybridized carbons (Fsp3) is 0.632. The average molecular weight is 317 g/mol. The van der Waals surface area contributed by atoms with Crippen LogP contribution in [0.3, 0.4) is 0 Å². The lowest BCUT2D eigenvalue weighted by Crippen LogP contribution is -2.18.